The van der Waals surface area contributed by atoms with Crippen LogP contribution in [0.5, 0.6) is 0 Å². The van der Waals surface area contributed by atoms with Gasteiger partial charge in [-0.25, -0.2) is 14.8 Å². The normalized spacial score (nSPS) is 9.69. The number of carbonyl (C=O) groups excluding carboxylic acids is 1. The van der Waals surface area contributed by atoms with Crippen LogP contribution in [-0.2, 0) is 4.74 Å². The molecule has 0 fully saturated rings. The molecule has 0 amide bonds. The van der Waals surface area contributed by atoms with Crippen LogP contribution in [0, 0.1) is 0 Å². The first-order valence-electron chi connectivity index (χ1n) is 3.44. The highest BCUT2D eigenvalue weighted by atomic mass is 32.2. The Hall–Kier alpha value is -1.30. The Morgan fingerprint density at radius 1 is 1.69 bits per heavy atom. The van der Waals surface area contributed by atoms with E-state index < -0.39 is 5.97 Å². The van der Waals surface area contributed by atoms with Crippen molar-refractivity contribution in [1.29, 1.82) is 0 Å². The molecule has 0 spiro atoms. The van der Waals surface area contributed by atoms with E-state index in [1.165, 1.54) is 25.1 Å². The molecule has 6 heteroatoms. The third kappa shape index (κ3) is 2.09. The number of hydrogen-bond donors (Lipinski definition) is 1. The Morgan fingerprint density at radius 3 is 2.92 bits per heavy atom. The second kappa shape index (κ2) is 4.08. The summed E-state index contributed by atoms with van der Waals surface area (Å²) < 4.78 is 4.55. The molecule has 0 aromatic carbocycles. The molecule has 2 N–H and O–H groups in total. The lowest BCUT2D eigenvalue weighted by molar-refractivity contribution is 0.0595. The van der Waals surface area contributed by atoms with Crippen LogP contribution >= 0.6 is 11.8 Å². The van der Waals surface area contributed by atoms with E-state index >= 15 is 0 Å². The highest BCUT2D eigenvalue weighted by Gasteiger charge is 2.13. The first-order chi connectivity index (χ1) is 6.19. The number of thioether (sulfide) groups is 1. The van der Waals surface area contributed by atoms with Gasteiger partial charge < -0.3 is 10.5 Å². The van der Waals surface area contributed by atoms with Gasteiger partial charge in [0.15, 0.2) is 0 Å². The summed E-state index contributed by atoms with van der Waals surface area (Å²) >= 11 is 1.32. The number of methoxy groups -OCH3 is 1. The SMILES string of the molecule is COC(=O)c1cnc(N)nc1SC. The summed E-state index contributed by atoms with van der Waals surface area (Å²) in [4.78, 5) is 18.7. The Morgan fingerprint density at radius 2 is 2.38 bits per heavy atom. The molecule has 0 atom stereocenters. The van der Waals surface area contributed by atoms with Crippen molar-refractivity contribution in [2.75, 3.05) is 19.1 Å². The minimum Gasteiger partial charge on any atom is -0.465 e. The van der Waals surface area contributed by atoms with Gasteiger partial charge in [0, 0.05) is 6.20 Å². The minimum absolute atomic E-state index is 0.150. The van der Waals surface area contributed by atoms with E-state index in [-0.39, 0.29) is 5.95 Å². The number of nitrogens with two attached hydrogens (primary N) is 1. The fourth-order valence-corrected chi connectivity index (χ4v) is 1.33. The van der Waals surface area contributed by atoms with E-state index in [9.17, 15) is 4.79 Å². The summed E-state index contributed by atoms with van der Waals surface area (Å²) in [6.07, 6.45) is 3.16. The lowest BCUT2D eigenvalue weighted by Gasteiger charge is -2.03. The first-order valence-corrected chi connectivity index (χ1v) is 4.66. The maximum Gasteiger partial charge on any atom is 0.342 e. The number of esters is 1. The van der Waals surface area contributed by atoms with Crippen LogP contribution in [0.3, 0.4) is 0 Å². The van der Waals surface area contributed by atoms with E-state index in [0.29, 0.717) is 10.6 Å². The smallest absolute Gasteiger partial charge is 0.342 e. The summed E-state index contributed by atoms with van der Waals surface area (Å²) in [5, 5.41) is 0.527. The maximum atomic E-state index is 11.1. The van der Waals surface area contributed by atoms with Gasteiger partial charge in [0.1, 0.15) is 10.6 Å². The first kappa shape index (κ1) is 9.79. The predicted molar refractivity (Wildman–Crippen MR) is 49.6 cm³/mol. The van der Waals surface area contributed by atoms with Gasteiger partial charge in [-0.05, 0) is 6.26 Å². The number of anilines is 1. The summed E-state index contributed by atoms with van der Waals surface area (Å²) in [5.41, 5.74) is 5.69. The molecule has 1 aromatic rings. The molecule has 1 heterocycles. The van der Waals surface area contributed by atoms with Gasteiger partial charge in [0.05, 0.1) is 7.11 Å². The van der Waals surface area contributed by atoms with Crippen molar-refractivity contribution in [3.63, 3.8) is 0 Å². The molecule has 0 aliphatic rings. The summed E-state index contributed by atoms with van der Waals surface area (Å²) in [6, 6.07) is 0. The van der Waals surface area contributed by atoms with Gasteiger partial charge in [-0.1, -0.05) is 0 Å². The van der Waals surface area contributed by atoms with Crippen LogP contribution < -0.4 is 5.73 Å². The van der Waals surface area contributed by atoms with Crippen molar-refractivity contribution in [3.05, 3.63) is 11.8 Å². The summed E-state index contributed by atoms with van der Waals surface area (Å²) in [7, 11) is 1.31. The van der Waals surface area contributed by atoms with Crippen LogP contribution in [0.1, 0.15) is 10.4 Å². The van der Waals surface area contributed by atoms with Crippen LogP contribution in [0.15, 0.2) is 11.2 Å². The fourth-order valence-electron chi connectivity index (χ4n) is 0.785. The van der Waals surface area contributed by atoms with E-state index in [0.717, 1.165) is 0 Å². The molecule has 5 nitrogen and oxygen atoms in total. The second-order valence-corrected chi connectivity index (χ2v) is 2.94. The van der Waals surface area contributed by atoms with Gasteiger partial charge in [0.25, 0.3) is 0 Å². The molecule has 0 radical (unpaired) electrons. The van der Waals surface area contributed by atoms with Gasteiger partial charge in [-0.3, -0.25) is 0 Å². The van der Waals surface area contributed by atoms with Crippen LogP contribution in [-0.4, -0.2) is 29.3 Å². The molecule has 1 aromatic heterocycles. The van der Waals surface area contributed by atoms with Crippen molar-refractivity contribution in [1.82, 2.24) is 9.97 Å². The molecule has 13 heavy (non-hydrogen) atoms. The summed E-state index contributed by atoms with van der Waals surface area (Å²) in [6.45, 7) is 0. The zero-order valence-electron chi connectivity index (χ0n) is 7.27. The molecule has 0 bridgehead atoms. The predicted octanol–water partition coefficient (Wildman–Crippen LogP) is 0.567. The zero-order valence-corrected chi connectivity index (χ0v) is 8.09. The minimum atomic E-state index is -0.454. The number of nitrogen functional groups attached to an aromatic ring is 1. The Kier molecular flexibility index (Phi) is 3.07. The third-order valence-corrected chi connectivity index (χ3v) is 2.07. The van der Waals surface area contributed by atoms with Crippen molar-refractivity contribution in [3.8, 4) is 0 Å². The number of ether oxygens (including phenoxy) is 1. The molecule has 0 saturated heterocycles. The lowest BCUT2D eigenvalue weighted by atomic mass is 10.3. The molecule has 0 saturated carbocycles. The monoisotopic (exact) mass is 199 g/mol. The Bertz CT molecular complexity index is 330. The maximum absolute atomic E-state index is 11.1. The Balaban J connectivity index is 3.13. The number of carbonyl (C=O) groups is 1. The van der Waals surface area contributed by atoms with Crippen LogP contribution in [0.25, 0.3) is 0 Å². The van der Waals surface area contributed by atoms with Crippen molar-refractivity contribution in [2.45, 2.75) is 5.03 Å². The molecule has 0 aliphatic carbocycles. The quantitative estimate of drug-likeness (QED) is 0.426. The largest absolute Gasteiger partial charge is 0.465 e. The van der Waals surface area contributed by atoms with E-state index in [4.69, 9.17) is 5.73 Å². The Labute approximate surface area is 79.7 Å². The average Bonchev–Trinajstić information content (AvgIpc) is 2.16. The van der Waals surface area contributed by atoms with Gasteiger partial charge >= 0.3 is 5.97 Å². The van der Waals surface area contributed by atoms with Gasteiger partial charge in [0.2, 0.25) is 5.95 Å². The highest BCUT2D eigenvalue weighted by Crippen LogP contribution is 2.18. The van der Waals surface area contributed by atoms with Crippen LogP contribution in [0.2, 0.25) is 0 Å². The molecule has 0 aliphatic heterocycles. The molecule has 70 valence electrons. The van der Waals surface area contributed by atoms with Crippen molar-refractivity contribution < 1.29 is 9.53 Å². The van der Waals surface area contributed by atoms with E-state index in [1.807, 2.05) is 0 Å². The fraction of sp³-hybridized carbons (Fsp3) is 0.286. The third-order valence-electron chi connectivity index (χ3n) is 1.37. The molecule has 1 rings (SSSR count). The summed E-state index contributed by atoms with van der Waals surface area (Å²) in [5.74, 6) is -0.304. The standard InChI is InChI=1S/C7H9N3O2S/c1-12-6(11)4-3-9-7(8)10-5(4)13-2/h3H,1-2H3,(H2,8,9,10). The topological polar surface area (TPSA) is 78.1 Å². The van der Waals surface area contributed by atoms with E-state index in [2.05, 4.69) is 14.7 Å². The van der Waals surface area contributed by atoms with Crippen LogP contribution in [0.4, 0.5) is 5.95 Å². The lowest BCUT2D eigenvalue weighted by Crippen LogP contribution is -2.07. The zero-order chi connectivity index (χ0) is 9.84. The highest BCUT2D eigenvalue weighted by molar-refractivity contribution is 7.98. The van der Waals surface area contributed by atoms with Gasteiger partial charge in [-0.2, -0.15) is 0 Å². The van der Waals surface area contributed by atoms with Crippen molar-refractivity contribution in [2.24, 2.45) is 0 Å². The number of aromatic nitrogens is 2. The van der Waals surface area contributed by atoms with Crippen molar-refractivity contribution >= 4 is 23.7 Å². The van der Waals surface area contributed by atoms with E-state index in [1.54, 1.807) is 6.26 Å². The second-order valence-electron chi connectivity index (χ2n) is 2.14. The molecular formula is C7H9N3O2S. The number of rotatable bonds is 2. The average molecular weight is 199 g/mol. The number of hydrogen-bond acceptors (Lipinski definition) is 6. The van der Waals surface area contributed by atoms with Gasteiger partial charge in [-0.15, -0.1) is 11.8 Å². The number of nitrogens with zero attached hydrogens (tertiary/aromatic N) is 2. The molecule has 0 unspecified atom stereocenters. The molecular weight excluding hydrogens is 190 g/mol.